The van der Waals surface area contributed by atoms with Crippen LogP contribution in [0.2, 0.25) is 0 Å². The Kier molecular flexibility index (Phi) is 5.49. The van der Waals surface area contributed by atoms with Gasteiger partial charge in [0, 0.05) is 18.3 Å². The number of nitrogens with zero attached hydrogens (tertiary/aromatic N) is 1. The van der Waals surface area contributed by atoms with E-state index in [4.69, 9.17) is 14.2 Å². The van der Waals surface area contributed by atoms with Crippen molar-refractivity contribution in [3.8, 4) is 17.4 Å². The summed E-state index contributed by atoms with van der Waals surface area (Å²) in [5.74, 6) is 1.49. The van der Waals surface area contributed by atoms with Crippen molar-refractivity contribution in [2.24, 2.45) is 0 Å². The molecule has 1 aliphatic heterocycles. The molecule has 0 aliphatic carbocycles. The zero-order valence-electron chi connectivity index (χ0n) is 15.2. The van der Waals surface area contributed by atoms with E-state index in [0.717, 1.165) is 12.2 Å². The summed E-state index contributed by atoms with van der Waals surface area (Å²) < 4.78 is 16.9. The van der Waals surface area contributed by atoms with Crippen molar-refractivity contribution in [2.45, 2.75) is 12.5 Å². The van der Waals surface area contributed by atoms with E-state index in [1.54, 1.807) is 42.6 Å². The third-order valence-corrected chi connectivity index (χ3v) is 4.27. The van der Waals surface area contributed by atoms with Crippen LogP contribution >= 0.6 is 0 Å². The van der Waals surface area contributed by atoms with Crippen LogP contribution in [-0.2, 0) is 4.74 Å². The van der Waals surface area contributed by atoms with E-state index < -0.39 is 0 Å². The lowest BCUT2D eigenvalue weighted by Crippen LogP contribution is -2.20. The Bertz CT molecular complexity index is 923. The summed E-state index contributed by atoms with van der Waals surface area (Å²) in [5.41, 5.74) is 1.04. The van der Waals surface area contributed by atoms with E-state index in [0.29, 0.717) is 36.1 Å². The van der Waals surface area contributed by atoms with E-state index in [-0.39, 0.29) is 12.0 Å². The van der Waals surface area contributed by atoms with Crippen LogP contribution in [0.1, 0.15) is 16.8 Å². The largest absolute Gasteiger partial charge is 0.471 e. The number of pyridine rings is 1. The number of rotatable bonds is 6. The number of para-hydroxylation sites is 1. The van der Waals surface area contributed by atoms with Crippen LogP contribution in [0.4, 0.5) is 5.69 Å². The summed E-state index contributed by atoms with van der Waals surface area (Å²) in [7, 11) is 0. The Labute approximate surface area is 163 Å². The third-order valence-electron chi connectivity index (χ3n) is 4.27. The quantitative estimate of drug-likeness (QED) is 0.695. The van der Waals surface area contributed by atoms with Gasteiger partial charge in [0.05, 0.1) is 13.2 Å². The Morgan fingerprint density at radius 1 is 1.00 bits per heavy atom. The first-order valence-corrected chi connectivity index (χ1v) is 9.12. The van der Waals surface area contributed by atoms with E-state index in [9.17, 15) is 4.79 Å². The first-order chi connectivity index (χ1) is 13.8. The zero-order valence-corrected chi connectivity index (χ0v) is 15.2. The highest BCUT2D eigenvalue weighted by atomic mass is 16.5. The van der Waals surface area contributed by atoms with Gasteiger partial charge in [-0.2, -0.15) is 0 Å². The minimum Gasteiger partial charge on any atom is -0.471 e. The van der Waals surface area contributed by atoms with Gasteiger partial charge in [0.1, 0.15) is 23.2 Å². The van der Waals surface area contributed by atoms with Gasteiger partial charge in [-0.1, -0.05) is 18.2 Å². The average molecular weight is 376 g/mol. The lowest BCUT2D eigenvalue weighted by atomic mass is 10.2. The number of nitrogens with one attached hydrogen (secondary N) is 1. The van der Waals surface area contributed by atoms with Crippen LogP contribution in [0.15, 0.2) is 72.9 Å². The Morgan fingerprint density at radius 3 is 2.54 bits per heavy atom. The third kappa shape index (κ3) is 4.47. The molecule has 2 heterocycles. The van der Waals surface area contributed by atoms with Gasteiger partial charge < -0.3 is 19.5 Å². The molecule has 1 saturated heterocycles. The number of carbonyl (C=O) groups is 1. The number of benzene rings is 2. The fourth-order valence-corrected chi connectivity index (χ4v) is 2.85. The predicted octanol–water partition coefficient (Wildman–Crippen LogP) is 4.29. The second-order valence-electron chi connectivity index (χ2n) is 6.35. The summed E-state index contributed by atoms with van der Waals surface area (Å²) in [6.45, 7) is 1.18. The number of aromatic nitrogens is 1. The van der Waals surface area contributed by atoms with Gasteiger partial charge in [-0.05, 0) is 48.5 Å². The van der Waals surface area contributed by atoms with Crippen LogP contribution in [-0.4, -0.2) is 30.2 Å². The molecule has 1 atom stereocenters. The van der Waals surface area contributed by atoms with Crippen LogP contribution in [0.3, 0.4) is 0 Å². The Hall–Kier alpha value is -3.38. The number of hydrogen-bond acceptors (Lipinski definition) is 5. The topological polar surface area (TPSA) is 69.7 Å². The molecule has 6 nitrogen and oxygen atoms in total. The van der Waals surface area contributed by atoms with Gasteiger partial charge in [0.25, 0.3) is 5.91 Å². The van der Waals surface area contributed by atoms with Crippen LogP contribution in [0.25, 0.3) is 0 Å². The van der Waals surface area contributed by atoms with Crippen LogP contribution in [0, 0.1) is 0 Å². The average Bonchev–Trinajstić information content (AvgIpc) is 3.24. The van der Waals surface area contributed by atoms with E-state index in [1.807, 2.05) is 30.3 Å². The Morgan fingerprint density at radius 2 is 1.79 bits per heavy atom. The fraction of sp³-hybridized carbons (Fsp3) is 0.182. The maximum Gasteiger partial charge on any atom is 0.261 e. The molecule has 0 saturated carbocycles. The molecule has 28 heavy (non-hydrogen) atoms. The highest BCUT2D eigenvalue weighted by molar-refractivity contribution is 6.05. The molecule has 2 aromatic carbocycles. The van der Waals surface area contributed by atoms with Crippen molar-refractivity contribution in [3.05, 3.63) is 78.5 Å². The van der Waals surface area contributed by atoms with Gasteiger partial charge in [-0.3, -0.25) is 4.79 Å². The molecule has 6 heteroatoms. The van der Waals surface area contributed by atoms with Crippen molar-refractivity contribution in [1.29, 1.82) is 0 Å². The number of hydrogen-bond donors (Lipinski definition) is 1. The maximum absolute atomic E-state index is 12.7. The summed E-state index contributed by atoms with van der Waals surface area (Å²) >= 11 is 0. The summed E-state index contributed by atoms with van der Waals surface area (Å²) in [6.07, 6.45) is 2.33. The van der Waals surface area contributed by atoms with Gasteiger partial charge in [0.15, 0.2) is 0 Å². The SMILES string of the molecule is O=C(Nc1ccc(Oc2ccccc2)cc1)c1cccnc1O[C@H]1CCOC1. The normalized spacial score (nSPS) is 15.8. The Balaban J connectivity index is 1.42. The van der Waals surface area contributed by atoms with Gasteiger partial charge in [-0.15, -0.1) is 0 Å². The van der Waals surface area contributed by atoms with Crippen LogP contribution in [0.5, 0.6) is 17.4 Å². The molecule has 1 amide bonds. The predicted molar refractivity (Wildman–Crippen MR) is 105 cm³/mol. The first-order valence-electron chi connectivity index (χ1n) is 9.12. The molecule has 1 aromatic heterocycles. The highest BCUT2D eigenvalue weighted by Gasteiger charge is 2.21. The van der Waals surface area contributed by atoms with Crippen molar-refractivity contribution in [2.75, 3.05) is 18.5 Å². The molecule has 0 radical (unpaired) electrons. The number of amides is 1. The van der Waals surface area contributed by atoms with E-state index in [2.05, 4.69) is 10.3 Å². The van der Waals surface area contributed by atoms with Crippen molar-refractivity contribution >= 4 is 11.6 Å². The molecule has 1 fully saturated rings. The number of anilines is 1. The fourth-order valence-electron chi connectivity index (χ4n) is 2.85. The maximum atomic E-state index is 12.7. The minimum absolute atomic E-state index is 0.0733. The number of ether oxygens (including phenoxy) is 3. The van der Waals surface area contributed by atoms with Gasteiger partial charge in [-0.25, -0.2) is 4.98 Å². The molecule has 1 N–H and O–H groups in total. The van der Waals surface area contributed by atoms with E-state index in [1.165, 1.54) is 0 Å². The molecule has 3 aromatic rings. The lowest BCUT2D eigenvalue weighted by Gasteiger charge is -2.14. The van der Waals surface area contributed by atoms with Gasteiger partial charge >= 0.3 is 0 Å². The van der Waals surface area contributed by atoms with Gasteiger partial charge in [0.2, 0.25) is 5.88 Å². The monoisotopic (exact) mass is 376 g/mol. The summed E-state index contributed by atoms with van der Waals surface area (Å²) in [6, 6.07) is 20.1. The summed E-state index contributed by atoms with van der Waals surface area (Å²) in [4.78, 5) is 16.9. The smallest absolute Gasteiger partial charge is 0.261 e. The molecule has 0 spiro atoms. The first kappa shape index (κ1) is 18.0. The molecule has 4 rings (SSSR count). The van der Waals surface area contributed by atoms with Crippen LogP contribution < -0.4 is 14.8 Å². The summed E-state index contributed by atoms with van der Waals surface area (Å²) in [5, 5.41) is 2.87. The number of carbonyl (C=O) groups excluding carboxylic acids is 1. The van der Waals surface area contributed by atoms with Crippen molar-refractivity contribution < 1.29 is 19.0 Å². The second-order valence-corrected chi connectivity index (χ2v) is 6.35. The standard InChI is InChI=1S/C22H20N2O4/c25-21(20-7-4-13-23-22(20)28-19-12-14-26-15-19)24-16-8-10-18(11-9-16)27-17-5-2-1-3-6-17/h1-11,13,19H,12,14-15H2,(H,24,25)/t19-/m0/s1. The molecule has 0 bridgehead atoms. The molecule has 1 aliphatic rings. The van der Waals surface area contributed by atoms with E-state index >= 15 is 0 Å². The molecule has 0 unspecified atom stereocenters. The second kappa shape index (κ2) is 8.54. The minimum atomic E-state index is -0.279. The molecule has 142 valence electrons. The zero-order chi connectivity index (χ0) is 19.2. The highest BCUT2D eigenvalue weighted by Crippen LogP contribution is 2.24. The van der Waals surface area contributed by atoms with Crippen molar-refractivity contribution in [3.63, 3.8) is 0 Å². The lowest BCUT2D eigenvalue weighted by molar-refractivity contribution is 0.101. The van der Waals surface area contributed by atoms with Crippen molar-refractivity contribution in [1.82, 2.24) is 4.98 Å². The molecular formula is C22H20N2O4. The molecular weight excluding hydrogens is 356 g/mol.